The summed E-state index contributed by atoms with van der Waals surface area (Å²) in [5.74, 6) is 0. The Morgan fingerprint density at radius 3 is 2.48 bits per heavy atom. The van der Waals surface area contributed by atoms with E-state index in [9.17, 15) is 0 Å². The predicted octanol–water partition coefficient (Wildman–Crippen LogP) is 3.98. The van der Waals surface area contributed by atoms with E-state index in [0.29, 0.717) is 0 Å². The second kappa shape index (κ2) is 6.58. The van der Waals surface area contributed by atoms with Gasteiger partial charge in [-0.2, -0.15) is 0 Å². The van der Waals surface area contributed by atoms with Crippen LogP contribution in [0.15, 0.2) is 29.6 Å². The van der Waals surface area contributed by atoms with Crippen molar-refractivity contribution in [1.82, 2.24) is 10.3 Å². The van der Waals surface area contributed by atoms with E-state index < -0.39 is 0 Å². The van der Waals surface area contributed by atoms with E-state index in [4.69, 9.17) is 4.98 Å². The van der Waals surface area contributed by atoms with Crippen molar-refractivity contribution in [2.24, 2.45) is 0 Å². The van der Waals surface area contributed by atoms with Gasteiger partial charge in [0.1, 0.15) is 0 Å². The zero-order valence-electron chi connectivity index (χ0n) is 13.6. The van der Waals surface area contributed by atoms with Gasteiger partial charge in [-0.3, -0.25) is 0 Å². The van der Waals surface area contributed by atoms with Gasteiger partial charge in [-0.25, -0.2) is 4.98 Å². The van der Waals surface area contributed by atoms with Crippen LogP contribution in [0.3, 0.4) is 0 Å². The molecule has 1 aromatic heterocycles. The molecule has 3 nitrogen and oxygen atoms in total. The third-order valence-electron chi connectivity index (χ3n) is 3.21. The van der Waals surface area contributed by atoms with Crippen LogP contribution in [0, 0.1) is 6.92 Å². The van der Waals surface area contributed by atoms with Gasteiger partial charge in [0, 0.05) is 31.1 Å². The molecule has 0 aliphatic carbocycles. The van der Waals surface area contributed by atoms with Gasteiger partial charge in [0.2, 0.25) is 0 Å². The molecule has 21 heavy (non-hydrogen) atoms. The maximum absolute atomic E-state index is 4.71. The normalized spacial score (nSPS) is 11.7. The topological polar surface area (TPSA) is 28.2 Å². The number of benzene rings is 1. The highest BCUT2D eigenvalue weighted by Gasteiger charge is 2.11. The maximum atomic E-state index is 4.71. The fourth-order valence-corrected chi connectivity index (χ4v) is 2.74. The highest BCUT2D eigenvalue weighted by Crippen LogP contribution is 2.21. The van der Waals surface area contributed by atoms with E-state index in [1.165, 1.54) is 11.1 Å². The van der Waals surface area contributed by atoms with Crippen LogP contribution in [-0.2, 0) is 13.1 Å². The van der Waals surface area contributed by atoms with Gasteiger partial charge in [-0.05, 0) is 33.3 Å². The first kappa shape index (κ1) is 16.0. The Labute approximate surface area is 132 Å². The lowest BCUT2D eigenvalue weighted by atomic mass is 10.1. The first-order chi connectivity index (χ1) is 9.83. The van der Waals surface area contributed by atoms with Crippen LogP contribution in [0.2, 0.25) is 0 Å². The number of thiazole rings is 1. The Hall–Kier alpha value is -1.39. The SMILES string of the molecule is Cc1ccc(CN(C)c2nc(CNC(C)(C)C)cs2)cc1. The number of nitrogens with zero attached hydrogens (tertiary/aromatic N) is 2. The average Bonchev–Trinajstić information content (AvgIpc) is 2.87. The molecule has 0 amide bonds. The summed E-state index contributed by atoms with van der Waals surface area (Å²) in [6.45, 7) is 10.3. The van der Waals surface area contributed by atoms with Crippen molar-refractivity contribution in [1.29, 1.82) is 0 Å². The van der Waals surface area contributed by atoms with Gasteiger partial charge in [0.25, 0.3) is 0 Å². The largest absolute Gasteiger partial charge is 0.347 e. The molecule has 0 aliphatic rings. The van der Waals surface area contributed by atoms with Crippen molar-refractivity contribution in [2.45, 2.75) is 46.3 Å². The van der Waals surface area contributed by atoms with Crippen molar-refractivity contribution in [3.63, 3.8) is 0 Å². The molecule has 1 heterocycles. The standard InChI is InChI=1S/C17H25N3S/c1-13-6-8-14(9-7-13)11-20(5)16-19-15(12-21-16)10-18-17(2,3)4/h6-9,12,18H,10-11H2,1-5H3. The first-order valence-electron chi connectivity index (χ1n) is 7.29. The predicted molar refractivity (Wildman–Crippen MR) is 92.0 cm³/mol. The summed E-state index contributed by atoms with van der Waals surface area (Å²) < 4.78 is 0. The summed E-state index contributed by atoms with van der Waals surface area (Å²) in [6.07, 6.45) is 0. The molecule has 0 saturated heterocycles. The Balaban J connectivity index is 1.95. The van der Waals surface area contributed by atoms with E-state index in [0.717, 1.165) is 23.9 Å². The molecule has 2 aromatic rings. The van der Waals surface area contributed by atoms with E-state index in [-0.39, 0.29) is 5.54 Å². The zero-order valence-corrected chi connectivity index (χ0v) is 14.4. The lowest BCUT2D eigenvalue weighted by Gasteiger charge is -2.19. The van der Waals surface area contributed by atoms with Crippen LogP contribution in [-0.4, -0.2) is 17.6 Å². The van der Waals surface area contributed by atoms with Crippen LogP contribution in [0.5, 0.6) is 0 Å². The summed E-state index contributed by atoms with van der Waals surface area (Å²) in [4.78, 5) is 6.91. The molecular formula is C17H25N3S. The van der Waals surface area contributed by atoms with E-state index in [2.05, 4.69) is 74.6 Å². The maximum Gasteiger partial charge on any atom is 0.185 e. The van der Waals surface area contributed by atoms with Gasteiger partial charge in [0.15, 0.2) is 5.13 Å². The summed E-state index contributed by atoms with van der Waals surface area (Å²) in [5, 5.41) is 6.68. The minimum atomic E-state index is 0.123. The van der Waals surface area contributed by atoms with Gasteiger partial charge in [0.05, 0.1) is 5.69 Å². The molecule has 0 atom stereocenters. The van der Waals surface area contributed by atoms with Crippen LogP contribution in [0.25, 0.3) is 0 Å². The van der Waals surface area contributed by atoms with Crippen molar-refractivity contribution in [3.8, 4) is 0 Å². The van der Waals surface area contributed by atoms with Crippen molar-refractivity contribution >= 4 is 16.5 Å². The molecule has 114 valence electrons. The Kier molecular flexibility index (Phi) is 5.01. The number of anilines is 1. The van der Waals surface area contributed by atoms with Crippen LogP contribution >= 0.6 is 11.3 Å². The lowest BCUT2D eigenvalue weighted by Crippen LogP contribution is -2.35. The summed E-state index contributed by atoms with van der Waals surface area (Å²) in [7, 11) is 2.10. The second-order valence-corrected chi connectivity index (χ2v) is 7.40. The number of rotatable bonds is 5. The minimum Gasteiger partial charge on any atom is -0.347 e. The summed E-state index contributed by atoms with van der Waals surface area (Å²) in [6, 6.07) is 8.68. The molecule has 4 heteroatoms. The fraction of sp³-hybridized carbons (Fsp3) is 0.471. The smallest absolute Gasteiger partial charge is 0.185 e. The fourth-order valence-electron chi connectivity index (χ4n) is 1.94. The van der Waals surface area contributed by atoms with Gasteiger partial charge in [-0.1, -0.05) is 29.8 Å². The van der Waals surface area contributed by atoms with E-state index in [1.807, 2.05) is 0 Å². The summed E-state index contributed by atoms with van der Waals surface area (Å²) >= 11 is 1.71. The third kappa shape index (κ3) is 5.14. The van der Waals surface area contributed by atoms with Crippen LogP contribution in [0.1, 0.15) is 37.6 Å². The van der Waals surface area contributed by atoms with Gasteiger partial charge in [-0.15, -0.1) is 11.3 Å². The number of hydrogen-bond donors (Lipinski definition) is 1. The quantitative estimate of drug-likeness (QED) is 0.905. The Bertz CT molecular complexity index is 566. The number of aromatic nitrogens is 1. The first-order valence-corrected chi connectivity index (χ1v) is 8.17. The third-order valence-corrected chi connectivity index (χ3v) is 4.21. The second-order valence-electron chi connectivity index (χ2n) is 6.57. The molecule has 1 N–H and O–H groups in total. The Morgan fingerprint density at radius 1 is 1.19 bits per heavy atom. The van der Waals surface area contributed by atoms with Crippen LogP contribution < -0.4 is 10.2 Å². The number of nitrogens with one attached hydrogen (secondary N) is 1. The molecule has 0 spiro atoms. The zero-order chi connectivity index (χ0) is 15.5. The van der Waals surface area contributed by atoms with Gasteiger partial charge < -0.3 is 10.2 Å². The summed E-state index contributed by atoms with van der Waals surface area (Å²) in [5.41, 5.74) is 3.84. The molecule has 0 bridgehead atoms. The number of hydrogen-bond acceptors (Lipinski definition) is 4. The minimum absolute atomic E-state index is 0.123. The number of aryl methyl sites for hydroxylation is 1. The van der Waals surface area contributed by atoms with Crippen molar-refractivity contribution in [2.75, 3.05) is 11.9 Å². The Morgan fingerprint density at radius 2 is 1.86 bits per heavy atom. The molecule has 0 unspecified atom stereocenters. The van der Waals surface area contributed by atoms with Crippen molar-refractivity contribution in [3.05, 3.63) is 46.5 Å². The molecule has 0 radical (unpaired) electrons. The average molecular weight is 303 g/mol. The molecule has 0 saturated carbocycles. The lowest BCUT2D eigenvalue weighted by molar-refractivity contribution is 0.422. The molecule has 1 aromatic carbocycles. The molecule has 0 aliphatic heterocycles. The van der Waals surface area contributed by atoms with E-state index >= 15 is 0 Å². The van der Waals surface area contributed by atoms with Crippen LogP contribution in [0.4, 0.5) is 5.13 Å². The highest BCUT2D eigenvalue weighted by atomic mass is 32.1. The highest BCUT2D eigenvalue weighted by molar-refractivity contribution is 7.13. The monoisotopic (exact) mass is 303 g/mol. The van der Waals surface area contributed by atoms with Crippen molar-refractivity contribution < 1.29 is 0 Å². The van der Waals surface area contributed by atoms with E-state index in [1.54, 1.807) is 11.3 Å². The molecular weight excluding hydrogens is 278 g/mol. The van der Waals surface area contributed by atoms with Gasteiger partial charge >= 0.3 is 0 Å². The molecule has 2 rings (SSSR count). The molecule has 0 fully saturated rings.